The van der Waals surface area contributed by atoms with Gasteiger partial charge in [-0.2, -0.15) is 0 Å². The number of amides is 1. The molecule has 0 bridgehead atoms. The van der Waals surface area contributed by atoms with E-state index in [1.807, 2.05) is 0 Å². The van der Waals surface area contributed by atoms with E-state index in [0.29, 0.717) is 11.6 Å². The highest BCUT2D eigenvalue weighted by Gasteiger charge is 2.28. The zero-order valence-corrected chi connectivity index (χ0v) is 16.1. The number of hydrogen-bond donors (Lipinski definition) is 2. The Labute approximate surface area is 155 Å². The fourth-order valence-electron chi connectivity index (χ4n) is 3.83. The van der Waals surface area contributed by atoms with Crippen LogP contribution < -0.4 is 15.8 Å². The third-order valence-corrected chi connectivity index (χ3v) is 5.56. The number of anilines is 1. The molecule has 1 saturated heterocycles. The molecule has 3 rings (SSSR count). The minimum absolute atomic E-state index is 0.101. The van der Waals surface area contributed by atoms with Crippen molar-refractivity contribution in [3.05, 3.63) is 22.1 Å². The van der Waals surface area contributed by atoms with Crippen LogP contribution in [0.3, 0.4) is 0 Å². The van der Waals surface area contributed by atoms with Gasteiger partial charge >= 0.3 is 0 Å². The van der Waals surface area contributed by atoms with Crippen LogP contribution in [0.25, 0.3) is 0 Å². The maximum atomic E-state index is 12.6. The summed E-state index contributed by atoms with van der Waals surface area (Å²) in [6, 6.07) is 1.29. The number of carbonyl (C=O) groups excluding carboxylic acids is 1. The Balaban J connectivity index is 1.80. The van der Waals surface area contributed by atoms with Crippen LogP contribution in [0.4, 0.5) is 5.95 Å². The summed E-state index contributed by atoms with van der Waals surface area (Å²) in [6.07, 6.45) is 4.18. The number of aromatic amines is 1. The molecule has 1 aromatic heterocycles. The third kappa shape index (κ3) is 4.44. The monoisotopic (exact) mass is 361 g/mol. The molecular weight excluding hydrogens is 330 g/mol. The molecule has 0 spiro atoms. The van der Waals surface area contributed by atoms with E-state index in [2.05, 4.69) is 41.0 Å². The third-order valence-electron chi connectivity index (χ3n) is 5.56. The molecule has 1 aromatic rings. The minimum Gasteiger partial charge on any atom is -0.347 e. The lowest BCUT2D eigenvalue weighted by atomic mass is 9.98. The highest BCUT2D eigenvalue weighted by molar-refractivity contribution is 5.79. The molecule has 0 unspecified atom stereocenters. The fourth-order valence-corrected chi connectivity index (χ4v) is 3.83. The van der Waals surface area contributed by atoms with E-state index in [1.165, 1.54) is 6.07 Å². The van der Waals surface area contributed by atoms with Gasteiger partial charge in [0.2, 0.25) is 11.9 Å². The number of nitrogens with zero attached hydrogens (tertiary/aromatic N) is 3. The molecule has 0 radical (unpaired) electrons. The van der Waals surface area contributed by atoms with Gasteiger partial charge in [0, 0.05) is 38.2 Å². The lowest BCUT2D eigenvalue weighted by Crippen LogP contribution is -2.46. The van der Waals surface area contributed by atoms with Crippen LogP contribution in [0.5, 0.6) is 0 Å². The van der Waals surface area contributed by atoms with Crippen LogP contribution in [0.2, 0.25) is 0 Å². The Kier molecular flexibility index (Phi) is 5.96. The predicted molar refractivity (Wildman–Crippen MR) is 102 cm³/mol. The van der Waals surface area contributed by atoms with E-state index in [0.717, 1.165) is 51.9 Å². The first-order valence-electron chi connectivity index (χ1n) is 9.79. The molecule has 26 heavy (non-hydrogen) atoms. The Bertz CT molecular complexity index is 673. The van der Waals surface area contributed by atoms with Crippen molar-refractivity contribution in [3.63, 3.8) is 0 Å². The van der Waals surface area contributed by atoms with Gasteiger partial charge in [-0.25, -0.2) is 4.98 Å². The number of aromatic nitrogens is 2. The van der Waals surface area contributed by atoms with E-state index < -0.39 is 0 Å². The molecule has 2 fully saturated rings. The van der Waals surface area contributed by atoms with Crippen molar-refractivity contribution < 1.29 is 4.79 Å². The van der Waals surface area contributed by atoms with Gasteiger partial charge in [0.1, 0.15) is 0 Å². The van der Waals surface area contributed by atoms with Gasteiger partial charge < -0.3 is 15.1 Å². The van der Waals surface area contributed by atoms with Gasteiger partial charge in [-0.1, -0.05) is 26.7 Å². The number of carbonyl (C=O) groups is 1. The van der Waals surface area contributed by atoms with E-state index in [4.69, 9.17) is 4.98 Å². The molecule has 1 saturated carbocycles. The van der Waals surface area contributed by atoms with Crippen molar-refractivity contribution in [3.8, 4) is 0 Å². The number of rotatable bonds is 5. The Hall–Kier alpha value is -1.89. The summed E-state index contributed by atoms with van der Waals surface area (Å²) in [5, 5.41) is 3.16. The number of likely N-dealkylation sites (N-methyl/N-ethyl adjacent to an activating group) is 1. The molecule has 1 aliphatic heterocycles. The van der Waals surface area contributed by atoms with Crippen molar-refractivity contribution in [2.75, 3.05) is 38.1 Å². The van der Waals surface area contributed by atoms with Gasteiger partial charge in [-0.3, -0.25) is 14.6 Å². The van der Waals surface area contributed by atoms with E-state index in [1.54, 1.807) is 0 Å². The van der Waals surface area contributed by atoms with Gasteiger partial charge in [-0.05, 0) is 25.8 Å². The summed E-state index contributed by atoms with van der Waals surface area (Å²) in [5.74, 6) is 0.983. The zero-order chi connectivity index (χ0) is 18.7. The molecule has 2 N–H and O–H groups in total. The number of nitrogens with one attached hydrogen (secondary N) is 2. The largest absolute Gasteiger partial charge is 0.347 e. The molecular formula is C19H31N5O2. The number of H-pyrrole nitrogens is 1. The molecule has 2 heterocycles. The second kappa shape index (κ2) is 8.20. The molecule has 7 heteroatoms. The number of piperazine rings is 1. The van der Waals surface area contributed by atoms with E-state index >= 15 is 0 Å². The molecule has 1 atom stereocenters. The smallest absolute Gasteiger partial charge is 0.252 e. The normalized spacial score (nSPS) is 20.5. The van der Waals surface area contributed by atoms with Gasteiger partial charge in [-0.15, -0.1) is 0 Å². The Morgan fingerprint density at radius 2 is 1.88 bits per heavy atom. The Morgan fingerprint density at radius 3 is 2.50 bits per heavy atom. The SMILES string of the molecule is CC(C)[C@@H](NC(=O)C1CCCC1)c1cc(=O)[nH]c(N2CCN(C)CC2)n1. The van der Waals surface area contributed by atoms with Gasteiger partial charge in [0.05, 0.1) is 11.7 Å². The van der Waals surface area contributed by atoms with Crippen molar-refractivity contribution in [1.82, 2.24) is 20.2 Å². The summed E-state index contributed by atoms with van der Waals surface area (Å²) in [4.78, 5) is 36.8. The molecule has 2 aliphatic rings. The van der Waals surface area contributed by atoms with Crippen LogP contribution in [0, 0.1) is 11.8 Å². The van der Waals surface area contributed by atoms with Crippen LogP contribution >= 0.6 is 0 Å². The van der Waals surface area contributed by atoms with Crippen molar-refractivity contribution >= 4 is 11.9 Å². The van der Waals surface area contributed by atoms with E-state index in [-0.39, 0.29) is 29.3 Å². The number of hydrogen-bond acceptors (Lipinski definition) is 5. The summed E-state index contributed by atoms with van der Waals surface area (Å²) < 4.78 is 0. The average Bonchev–Trinajstić information content (AvgIpc) is 3.14. The van der Waals surface area contributed by atoms with Crippen molar-refractivity contribution in [2.45, 2.75) is 45.6 Å². The highest BCUT2D eigenvalue weighted by atomic mass is 16.2. The van der Waals surface area contributed by atoms with Crippen molar-refractivity contribution in [1.29, 1.82) is 0 Å². The van der Waals surface area contributed by atoms with Crippen LogP contribution in [-0.4, -0.2) is 54.0 Å². The van der Waals surface area contributed by atoms with Crippen LogP contribution in [0.1, 0.15) is 51.3 Å². The van der Waals surface area contributed by atoms with Gasteiger partial charge in [0.15, 0.2) is 0 Å². The molecule has 7 nitrogen and oxygen atoms in total. The minimum atomic E-state index is -0.239. The van der Waals surface area contributed by atoms with Crippen LogP contribution in [0.15, 0.2) is 10.9 Å². The summed E-state index contributed by atoms with van der Waals surface area (Å²) >= 11 is 0. The molecule has 1 amide bonds. The van der Waals surface area contributed by atoms with E-state index in [9.17, 15) is 9.59 Å². The maximum absolute atomic E-state index is 12.6. The quantitative estimate of drug-likeness (QED) is 0.831. The average molecular weight is 361 g/mol. The lowest BCUT2D eigenvalue weighted by molar-refractivity contribution is -0.125. The first kappa shape index (κ1) is 18.9. The first-order chi connectivity index (χ1) is 12.4. The fraction of sp³-hybridized carbons (Fsp3) is 0.737. The highest BCUT2D eigenvalue weighted by Crippen LogP contribution is 2.27. The standard InChI is InChI=1S/C19H31N5O2/c1-13(2)17(22-18(26)14-6-4-5-7-14)15-12-16(25)21-19(20-15)24-10-8-23(3)9-11-24/h12-14,17H,4-11H2,1-3H3,(H,22,26)(H,20,21,25)/t17-/m1/s1. The lowest BCUT2D eigenvalue weighted by Gasteiger charge is -2.33. The summed E-state index contributed by atoms with van der Waals surface area (Å²) in [6.45, 7) is 7.67. The maximum Gasteiger partial charge on any atom is 0.252 e. The predicted octanol–water partition coefficient (Wildman–Crippen LogP) is 1.53. The Morgan fingerprint density at radius 1 is 1.23 bits per heavy atom. The summed E-state index contributed by atoms with van der Waals surface area (Å²) in [5.41, 5.74) is 0.494. The molecule has 144 valence electrons. The zero-order valence-electron chi connectivity index (χ0n) is 16.1. The topological polar surface area (TPSA) is 81.3 Å². The van der Waals surface area contributed by atoms with Crippen LogP contribution in [-0.2, 0) is 4.79 Å². The molecule has 0 aromatic carbocycles. The van der Waals surface area contributed by atoms with Gasteiger partial charge in [0.25, 0.3) is 5.56 Å². The molecule has 1 aliphatic carbocycles. The second-order valence-corrected chi connectivity index (χ2v) is 8.00. The second-order valence-electron chi connectivity index (χ2n) is 8.00. The van der Waals surface area contributed by atoms with Crippen molar-refractivity contribution in [2.24, 2.45) is 11.8 Å². The summed E-state index contributed by atoms with van der Waals surface area (Å²) in [7, 11) is 2.09. The first-order valence-corrected chi connectivity index (χ1v) is 9.79.